The van der Waals surface area contributed by atoms with Crippen LogP contribution in [-0.4, -0.2) is 127 Å². The first-order chi connectivity index (χ1) is 22.6. The topological polar surface area (TPSA) is 285 Å². The smallest absolute Gasteiger partial charge is 0.302 e. The lowest BCUT2D eigenvalue weighted by Gasteiger charge is -2.45. The van der Waals surface area contributed by atoms with E-state index in [9.17, 15) is 55.5 Å². The normalized spacial score (nSPS) is 30.6. The lowest BCUT2D eigenvalue weighted by Crippen LogP contribution is -2.64. The number of methoxy groups -OCH3 is 1. The summed E-state index contributed by atoms with van der Waals surface area (Å²) in [5, 5.41) is 94.5. The molecule has 262 valence electrons. The van der Waals surface area contributed by atoms with Gasteiger partial charge in [0.2, 0.25) is 23.2 Å². The van der Waals surface area contributed by atoms with Crippen molar-refractivity contribution < 1.29 is 83.6 Å². The van der Waals surface area contributed by atoms with Gasteiger partial charge in [-0.05, 0) is 25.1 Å². The number of ether oxygens (including phenoxy) is 6. The maximum Gasteiger partial charge on any atom is 0.302 e. The minimum Gasteiger partial charge on any atom is -0.507 e. The Morgan fingerprint density at radius 2 is 1.54 bits per heavy atom. The van der Waals surface area contributed by atoms with E-state index in [1.807, 2.05) is 0 Å². The van der Waals surface area contributed by atoms with Gasteiger partial charge < -0.3 is 78.8 Å². The van der Waals surface area contributed by atoms with Crippen LogP contribution >= 0.6 is 0 Å². The highest BCUT2D eigenvalue weighted by Gasteiger charge is 2.51. The molecule has 1 aromatic heterocycles. The number of benzene rings is 2. The fourth-order valence-corrected chi connectivity index (χ4v) is 5.29. The molecule has 18 nitrogen and oxygen atoms in total. The number of aromatic hydroxyl groups is 4. The van der Waals surface area contributed by atoms with Gasteiger partial charge in [-0.1, -0.05) is 0 Å². The van der Waals surface area contributed by atoms with Crippen molar-refractivity contribution >= 4 is 16.9 Å². The van der Waals surface area contributed by atoms with E-state index < -0.39 is 119 Å². The Kier molecular flexibility index (Phi) is 9.90. The van der Waals surface area contributed by atoms with Gasteiger partial charge in [0.25, 0.3) is 0 Å². The number of carbonyl (C=O) groups is 1. The highest BCUT2D eigenvalue weighted by atomic mass is 16.8. The highest BCUT2D eigenvalue weighted by Crippen LogP contribution is 2.44. The predicted molar refractivity (Wildman–Crippen MR) is 156 cm³/mol. The molecule has 2 saturated heterocycles. The van der Waals surface area contributed by atoms with Gasteiger partial charge >= 0.3 is 5.97 Å². The quantitative estimate of drug-likeness (QED) is 0.101. The third-order valence-electron chi connectivity index (χ3n) is 7.94. The van der Waals surface area contributed by atoms with Crippen LogP contribution in [0, 0.1) is 0 Å². The molecular formula is C30H34O18. The van der Waals surface area contributed by atoms with E-state index in [2.05, 4.69) is 0 Å². The van der Waals surface area contributed by atoms with Crippen LogP contribution in [0.3, 0.4) is 0 Å². The van der Waals surface area contributed by atoms with Gasteiger partial charge in [0.15, 0.2) is 41.0 Å². The number of phenolic OH excluding ortho intramolecular Hbond substituents is 3. The van der Waals surface area contributed by atoms with E-state index in [-0.39, 0.29) is 17.1 Å². The minimum absolute atomic E-state index is 0.0217. The van der Waals surface area contributed by atoms with Crippen molar-refractivity contribution in [2.24, 2.45) is 0 Å². The van der Waals surface area contributed by atoms with Gasteiger partial charge in [-0.25, -0.2) is 0 Å². The second-order valence-electron chi connectivity index (χ2n) is 11.2. The molecule has 3 heterocycles. The summed E-state index contributed by atoms with van der Waals surface area (Å²) in [4.78, 5) is 24.6. The molecule has 2 aromatic carbocycles. The number of esters is 1. The number of rotatable bonds is 8. The van der Waals surface area contributed by atoms with Gasteiger partial charge in [-0.2, -0.15) is 0 Å². The Balaban J connectivity index is 1.56. The summed E-state index contributed by atoms with van der Waals surface area (Å²) in [6, 6.07) is 4.44. The molecule has 2 aliphatic rings. The van der Waals surface area contributed by atoms with Crippen LogP contribution < -0.4 is 14.9 Å². The zero-order chi connectivity index (χ0) is 35.2. The van der Waals surface area contributed by atoms with E-state index in [0.29, 0.717) is 0 Å². The van der Waals surface area contributed by atoms with Crippen LogP contribution in [-0.2, 0) is 23.7 Å². The molecule has 0 spiro atoms. The third-order valence-corrected chi connectivity index (χ3v) is 7.94. The monoisotopic (exact) mass is 682 g/mol. The summed E-state index contributed by atoms with van der Waals surface area (Å²) in [6.45, 7) is 1.86. The van der Waals surface area contributed by atoms with Crippen molar-refractivity contribution in [2.45, 2.75) is 75.3 Å². The van der Waals surface area contributed by atoms with Gasteiger partial charge in [-0.3, -0.25) is 9.59 Å². The Morgan fingerprint density at radius 1 is 0.833 bits per heavy atom. The number of phenols is 3. The number of fused-ring (bicyclic) bond motifs is 1. The van der Waals surface area contributed by atoms with E-state index in [0.717, 1.165) is 13.0 Å². The molecule has 3 aromatic rings. The molecule has 2 aliphatic heterocycles. The van der Waals surface area contributed by atoms with Crippen LogP contribution in [0.5, 0.6) is 34.5 Å². The fraction of sp³-hybridized carbons (Fsp3) is 0.467. The molecule has 0 unspecified atom stereocenters. The molecule has 2 fully saturated rings. The van der Waals surface area contributed by atoms with Crippen molar-refractivity contribution in [2.75, 3.05) is 13.7 Å². The van der Waals surface area contributed by atoms with Crippen LogP contribution in [0.15, 0.2) is 33.5 Å². The zero-order valence-corrected chi connectivity index (χ0v) is 25.5. The number of hydrogen-bond acceptors (Lipinski definition) is 18. The summed E-state index contributed by atoms with van der Waals surface area (Å²) < 4.78 is 38.2. The second kappa shape index (κ2) is 13.6. The largest absolute Gasteiger partial charge is 0.507 e. The standard InChI is InChI=1S/C30H34O18/c1-9-18(34)22(38)25(41)29(44-9)48-28-23(39)19(35)16(8-43-10(2)31)46-30(28)45-15-7-13(33)17-21(37)24(40)26(47-27(17)20(15)36)11-4-5-12(32)14(6-11)42-3/h4-7,9,16,18-19,22-23,25,28-30,32-36,38-41H,8H2,1-3H3/t9-,16+,18-,19+,22+,23-,25+,28+,29-,30+/m0/s1. The molecule has 48 heavy (non-hydrogen) atoms. The van der Waals surface area contributed by atoms with Crippen molar-refractivity contribution in [3.63, 3.8) is 0 Å². The van der Waals surface area contributed by atoms with Crippen LogP contribution in [0.4, 0.5) is 0 Å². The second-order valence-corrected chi connectivity index (χ2v) is 11.2. The summed E-state index contributed by atoms with van der Waals surface area (Å²) in [6.07, 6.45) is -16.8. The van der Waals surface area contributed by atoms with E-state index >= 15 is 0 Å². The Hall–Kier alpha value is -4.40. The molecule has 10 atom stereocenters. The number of hydrogen-bond donors (Lipinski definition) is 9. The van der Waals surface area contributed by atoms with Gasteiger partial charge in [0.1, 0.15) is 54.4 Å². The van der Waals surface area contributed by atoms with Crippen molar-refractivity contribution in [1.29, 1.82) is 0 Å². The first-order valence-corrected chi connectivity index (χ1v) is 14.4. The predicted octanol–water partition coefficient (Wildman–Crippen LogP) is -1.11. The molecule has 9 N–H and O–H groups in total. The van der Waals surface area contributed by atoms with Crippen LogP contribution in [0.25, 0.3) is 22.3 Å². The van der Waals surface area contributed by atoms with Gasteiger partial charge in [-0.15, -0.1) is 0 Å². The summed E-state index contributed by atoms with van der Waals surface area (Å²) in [5.74, 6) is -4.95. The average molecular weight is 683 g/mol. The molecular weight excluding hydrogens is 648 g/mol. The number of aliphatic hydroxyl groups is 5. The van der Waals surface area contributed by atoms with Crippen molar-refractivity contribution in [1.82, 2.24) is 0 Å². The number of aliphatic hydroxyl groups excluding tert-OH is 5. The van der Waals surface area contributed by atoms with Crippen LogP contribution in [0.1, 0.15) is 13.8 Å². The maximum absolute atomic E-state index is 13.1. The maximum atomic E-state index is 13.1. The minimum atomic E-state index is -1.93. The third kappa shape index (κ3) is 6.39. The Bertz CT molecular complexity index is 1720. The summed E-state index contributed by atoms with van der Waals surface area (Å²) in [5.41, 5.74) is -1.82. The van der Waals surface area contributed by atoms with E-state index in [1.165, 1.54) is 32.2 Å². The molecule has 0 saturated carbocycles. The first-order valence-electron chi connectivity index (χ1n) is 14.4. The lowest BCUT2D eigenvalue weighted by molar-refractivity contribution is -0.354. The zero-order valence-electron chi connectivity index (χ0n) is 25.5. The fourth-order valence-electron chi connectivity index (χ4n) is 5.29. The average Bonchev–Trinajstić information content (AvgIpc) is 3.05. The van der Waals surface area contributed by atoms with Crippen molar-refractivity contribution in [3.05, 3.63) is 34.5 Å². The van der Waals surface area contributed by atoms with E-state index in [1.54, 1.807) is 0 Å². The first kappa shape index (κ1) is 34.9. The summed E-state index contributed by atoms with van der Waals surface area (Å²) >= 11 is 0. The summed E-state index contributed by atoms with van der Waals surface area (Å²) in [7, 11) is 1.26. The Morgan fingerprint density at radius 3 is 2.21 bits per heavy atom. The molecule has 18 heteroatoms. The lowest BCUT2D eigenvalue weighted by atomic mass is 9.97. The Labute approximate surface area is 270 Å². The molecule has 5 rings (SSSR count). The van der Waals surface area contributed by atoms with Crippen molar-refractivity contribution in [3.8, 4) is 45.8 Å². The molecule has 0 radical (unpaired) electrons. The highest BCUT2D eigenvalue weighted by molar-refractivity contribution is 5.93. The van der Waals surface area contributed by atoms with E-state index in [4.69, 9.17) is 32.8 Å². The molecule has 0 aliphatic carbocycles. The van der Waals surface area contributed by atoms with Gasteiger partial charge in [0.05, 0.1) is 13.2 Å². The molecule has 0 bridgehead atoms. The number of carbonyl (C=O) groups excluding carboxylic acids is 1. The van der Waals surface area contributed by atoms with Gasteiger partial charge in [0, 0.05) is 18.6 Å². The molecule has 0 amide bonds. The van der Waals surface area contributed by atoms with Crippen LogP contribution in [0.2, 0.25) is 0 Å². The SMILES string of the molecule is COc1cc(-c2oc3c(O)c(O[C@@H]4O[C@H](COC(C)=O)[C@@H](O)[C@H](O)[C@H]4O[C@@H]4O[C@@H](C)[C@H](O)[C@@H](O)[C@H]4O)cc(O)c3c(=O)c2O)ccc1O.